The molecule has 0 unspecified atom stereocenters. The fraction of sp³-hybridized carbons (Fsp3) is 0.0645. The van der Waals surface area contributed by atoms with E-state index in [2.05, 4.69) is 267 Å². The largest absolute Gasteiger partial charge is 0.309 e. The summed E-state index contributed by atoms with van der Waals surface area (Å²) in [5.41, 5.74) is 17.6. The third kappa shape index (κ3) is 6.76. The van der Waals surface area contributed by atoms with Crippen LogP contribution in [0.5, 0.6) is 0 Å². The van der Waals surface area contributed by atoms with Crippen molar-refractivity contribution in [2.75, 3.05) is 4.90 Å². The van der Waals surface area contributed by atoms with Gasteiger partial charge in [-0.25, -0.2) is 0 Å². The van der Waals surface area contributed by atoms with Crippen molar-refractivity contribution in [1.29, 1.82) is 0 Å². The summed E-state index contributed by atoms with van der Waals surface area (Å²) >= 11 is 0. The summed E-state index contributed by atoms with van der Waals surface area (Å²) in [6.45, 7) is 6.83. The first kappa shape index (κ1) is 38.9. The molecule has 11 rings (SSSR count). The van der Waals surface area contributed by atoms with Gasteiger partial charge in [-0.3, -0.25) is 0 Å². The van der Waals surface area contributed by atoms with Gasteiger partial charge in [0, 0.05) is 33.2 Å². The molecule has 11 aromatic rings. The fourth-order valence-corrected chi connectivity index (χ4v) is 9.77. The molecule has 2 nitrogen and oxygen atoms in total. The quantitative estimate of drug-likeness (QED) is 0.148. The minimum Gasteiger partial charge on any atom is -0.309 e. The maximum Gasteiger partial charge on any atom is 0.0547 e. The van der Waals surface area contributed by atoms with E-state index in [9.17, 15) is 0 Å². The maximum absolute atomic E-state index is 2.52. The van der Waals surface area contributed by atoms with Gasteiger partial charge >= 0.3 is 0 Å². The van der Waals surface area contributed by atoms with Crippen LogP contribution in [0.3, 0.4) is 0 Å². The minimum atomic E-state index is 0.0453. The Bertz CT molecular complexity index is 3460. The van der Waals surface area contributed by atoms with E-state index in [0.717, 1.165) is 39.4 Å². The van der Waals surface area contributed by atoms with Crippen LogP contribution in [0, 0.1) is 0 Å². The Hall–Kier alpha value is -7.94. The highest BCUT2D eigenvalue weighted by molar-refractivity contribution is 6.17. The van der Waals surface area contributed by atoms with Crippen LogP contribution < -0.4 is 4.90 Å². The molecule has 2 heteroatoms. The summed E-state index contributed by atoms with van der Waals surface area (Å²) in [5.74, 6) is 0. The van der Waals surface area contributed by atoms with Crippen LogP contribution in [0.15, 0.2) is 237 Å². The van der Waals surface area contributed by atoms with Gasteiger partial charge in [0.2, 0.25) is 0 Å². The van der Waals surface area contributed by atoms with Gasteiger partial charge in [0.15, 0.2) is 0 Å². The van der Waals surface area contributed by atoms with Crippen molar-refractivity contribution < 1.29 is 0 Å². The number of benzene rings is 10. The number of para-hydroxylation sites is 5. The van der Waals surface area contributed by atoms with Crippen LogP contribution in [0.25, 0.3) is 82.8 Å². The Morgan fingerprint density at radius 1 is 0.328 bits per heavy atom. The monoisotopic (exact) mass is 820 g/mol. The van der Waals surface area contributed by atoms with E-state index in [1.165, 1.54) is 66.0 Å². The van der Waals surface area contributed by atoms with Crippen LogP contribution in [0.1, 0.15) is 26.3 Å². The van der Waals surface area contributed by atoms with Crippen molar-refractivity contribution in [2.24, 2.45) is 0 Å². The number of hydrogen-bond donors (Lipinski definition) is 0. The molecule has 306 valence electrons. The van der Waals surface area contributed by atoms with Gasteiger partial charge in [-0.05, 0) is 92.0 Å². The molecule has 1 aromatic heterocycles. The molecule has 0 atom stereocenters. The molecule has 0 saturated carbocycles. The Morgan fingerprint density at radius 2 is 0.781 bits per heavy atom. The molecule has 64 heavy (non-hydrogen) atoms. The zero-order valence-corrected chi connectivity index (χ0v) is 36.4. The Kier molecular flexibility index (Phi) is 9.78. The molecule has 1 heterocycles. The lowest BCUT2D eigenvalue weighted by atomic mass is 9.86. The Labute approximate surface area is 376 Å². The minimum absolute atomic E-state index is 0.0453. The molecular weight excluding hydrogens is 773 g/mol. The van der Waals surface area contributed by atoms with Crippen LogP contribution >= 0.6 is 0 Å². The third-order valence-corrected chi connectivity index (χ3v) is 12.8. The van der Waals surface area contributed by atoms with Crippen molar-refractivity contribution in [3.63, 3.8) is 0 Å². The summed E-state index contributed by atoms with van der Waals surface area (Å²) in [5, 5.41) is 4.90. The number of aromatic nitrogens is 1. The number of rotatable bonds is 8. The molecule has 0 fully saturated rings. The van der Waals surface area contributed by atoms with Gasteiger partial charge in [0.25, 0.3) is 0 Å². The first-order valence-corrected chi connectivity index (χ1v) is 22.3. The normalized spacial score (nSPS) is 11.7. The van der Waals surface area contributed by atoms with Crippen molar-refractivity contribution >= 4 is 49.6 Å². The van der Waals surface area contributed by atoms with Crippen LogP contribution in [-0.4, -0.2) is 4.57 Å². The topological polar surface area (TPSA) is 8.17 Å². The fourth-order valence-electron chi connectivity index (χ4n) is 9.77. The summed E-state index contributed by atoms with van der Waals surface area (Å²) in [6.07, 6.45) is 0. The van der Waals surface area contributed by atoms with E-state index in [4.69, 9.17) is 0 Å². The Balaban J connectivity index is 1.21. The molecule has 0 aliphatic carbocycles. The van der Waals surface area contributed by atoms with Crippen molar-refractivity contribution in [3.05, 3.63) is 242 Å². The molecule has 10 aromatic carbocycles. The second kappa shape index (κ2) is 16.1. The van der Waals surface area contributed by atoms with Crippen molar-refractivity contribution in [3.8, 4) is 50.2 Å². The van der Waals surface area contributed by atoms with Crippen molar-refractivity contribution in [2.45, 2.75) is 26.2 Å². The highest BCUT2D eigenvalue weighted by atomic mass is 15.1. The van der Waals surface area contributed by atoms with Crippen LogP contribution in [0.4, 0.5) is 17.1 Å². The second-order valence-corrected chi connectivity index (χ2v) is 17.7. The molecule has 0 bridgehead atoms. The molecule has 0 saturated heterocycles. The van der Waals surface area contributed by atoms with Gasteiger partial charge < -0.3 is 9.47 Å². The lowest BCUT2D eigenvalue weighted by Crippen LogP contribution is -2.14. The van der Waals surface area contributed by atoms with Crippen molar-refractivity contribution in [1.82, 2.24) is 4.57 Å². The van der Waals surface area contributed by atoms with E-state index < -0.39 is 0 Å². The molecule has 0 spiro atoms. The summed E-state index contributed by atoms with van der Waals surface area (Å²) in [4.78, 5) is 2.52. The average Bonchev–Trinajstić information content (AvgIpc) is 3.69. The number of anilines is 3. The number of fused-ring (bicyclic) bond motifs is 4. The predicted molar refractivity (Wildman–Crippen MR) is 273 cm³/mol. The van der Waals surface area contributed by atoms with Gasteiger partial charge in [0.1, 0.15) is 0 Å². The number of hydrogen-bond acceptors (Lipinski definition) is 1. The molecule has 0 aliphatic rings. The molecular formula is C62H48N2. The molecule has 0 amide bonds. The molecule has 0 radical (unpaired) electrons. The van der Waals surface area contributed by atoms with Gasteiger partial charge in [-0.1, -0.05) is 215 Å². The first-order chi connectivity index (χ1) is 31.4. The third-order valence-electron chi connectivity index (χ3n) is 12.8. The SMILES string of the molecule is CC(C)(C)c1ccc(-c2ccccc2N(c2ccccc2-c2cccc3cccc(-c4ccccc4)c23)c2ccccc2-c2cccc3c2c2ccccc2n3-c2ccccc2)cc1. The van der Waals surface area contributed by atoms with E-state index in [0.29, 0.717) is 0 Å². The van der Waals surface area contributed by atoms with E-state index in [-0.39, 0.29) is 5.41 Å². The van der Waals surface area contributed by atoms with E-state index >= 15 is 0 Å². The molecule has 0 aliphatic heterocycles. The van der Waals surface area contributed by atoms with Crippen LogP contribution in [0.2, 0.25) is 0 Å². The van der Waals surface area contributed by atoms with Gasteiger partial charge in [-0.2, -0.15) is 0 Å². The first-order valence-electron chi connectivity index (χ1n) is 22.3. The molecule has 0 N–H and O–H groups in total. The summed E-state index contributed by atoms with van der Waals surface area (Å²) in [6, 6.07) is 86.6. The lowest BCUT2D eigenvalue weighted by Gasteiger charge is -2.32. The maximum atomic E-state index is 2.52. The van der Waals surface area contributed by atoms with Gasteiger partial charge in [0.05, 0.1) is 28.1 Å². The highest BCUT2D eigenvalue weighted by Crippen LogP contribution is 2.50. The Morgan fingerprint density at radius 3 is 1.42 bits per heavy atom. The second-order valence-electron chi connectivity index (χ2n) is 17.7. The zero-order chi connectivity index (χ0) is 43.2. The zero-order valence-electron chi connectivity index (χ0n) is 36.4. The van der Waals surface area contributed by atoms with Crippen LogP contribution in [-0.2, 0) is 5.41 Å². The highest BCUT2D eigenvalue weighted by Gasteiger charge is 2.26. The number of nitrogens with zero attached hydrogens (tertiary/aromatic N) is 2. The summed E-state index contributed by atoms with van der Waals surface area (Å²) < 4.78 is 2.41. The standard InChI is InChI=1S/C62H48N2/c1-62(2,3)46-41-39-44(40-42-46)48-27-10-14-34-55(48)64(56-35-15-11-28-50(56)52-32-19-24-45-23-18-31-49(60(45)52)43-21-6-4-7-22-43)57-36-16-12-29-51(57)53-33-20-38-59-61(53)54-30-13-17-37-58(54)63(59)47-25-8-5-9-26-47/h4-42H,1-3H3. The lowest BCUT2D eigenvalue weighted by molar-refractivity contribution is 0.590. The predicted octanol–water partition coefficient (Wildman–Crippen LogP) is 17.4. The van der Waals surface area contributed by atoms with Gasteiger partial charge in [-0.15, -0.1) is 0 Å². The smallest absolute Gasteiger partial charge is 0.0547 e. The van der Waals surface area contributed by atoms with E-state index in [1.807, 2.05) is 0 Å². The average molecular weight is 821 g/mol. The summed E-state index contributed by atoms with van der Waals surface area (Å²) in [7, 11) is 0. The van der Waals surface area contributed by atoms with E-state index in [1.54, 1.807) is 0 Å².